The SMILES string of the molecule is CCN(C(=O)Oc1ccc(C)cc1)C(C)c1ccc(OCc2nc(-c3ccccc3)oc2C)cc1. The molecule has 4 rings (SSSR count). The molecule has 0 spiro atoms. The Morgan fingerprint density at radius 3 is 2.26 bits per heavy atom. The molecule has 180 valence electrons. The van der Waals surface area contributed by atoms with Gasteiger partial charge in [0.05, 0.1) is 6.04 Å². The number of hydrogen-bond donors (Lipinski definition) is 0. The molecule has 0 bridgehead atoms. The maximum Gasteiger partial charge on any atom is 0.415 e. The molecule has 0 radical (unpaired) electrons. The first-order valence-corrected chi connectivity index (χ1v) is 11.7. The second kappa shape index (κ2) is 10.9. The molecule has 1 heterocycles. The summed E-state index contributed by atoms with van der Waals surface area (Å²) in [6, 6.07) is 24.8. The van der Waals surface area contributed by atoms with Crippen molar-refractivity contribution < 1.29 is 18.7 Å². The van der Waals surface area contributed by atoms with Gasteiger partial charge in [-0.15, -0.1) is 0 Å². The lowest BCUT2D eigenvalue weighted by Gasteiger charge is -2.27. The van der Waals surface area contributed by atoms with Crippen LogP contribution >= 0.6 is 0 Å². The number of oxazole rings is 1. The number of rotatable bonds is 8. The largest absolute Gasteiger partial charge is 0.487 e. The molecule has 0 aliphatic heterocycles. The fourth-order valence-corrected chi connectivity index (χ4v) is 3.77. The third-order valence-electron chi connectivity index (χ3n) is 5.92. The lowest BCUT2D eigenvalue weighted by Crippen LogP contribution is -2.35. The van der Waals surface area contributed by atoms with E-state index in [0.29, 0.717) is 24.8 Å². The highest BCUT2D eigenvalue weighted by Gasteiger charge is 2.22. The fraction of sp³-hybridized carbons (Fsp3) is 0.241. The van der Waals surface area contributed by atoms with E-state index in [0.717, 1.165) is 33.9 Å². The Morgan fingerprint density at radius 1 is 0.943 bits per heavy atom. The zero-order valence-electron chi connectivity index (χ0n) is 20.5. The van der Waals surface area contributed by atoms with Crippen LogP contribution in [0.5, 0.6) is 11.5 Å². The highest BCUT2D eigenvalue weighted by Crippen LogP contribution is 2.26. The summed E-state index contributed by atoms with van der Waals surface area (Å²) in [4.78, 5) is 19.0. The number of aryl methyl sites for hydroxylation is 2. The first kappa shape index (κ1) is 24.1. The minimum Gasteiger partial charge on any atom is -0.487 e. The van der Waals surface area contributed by atoms with Crippen molar-refractivity contribution in [1.82, 2.24) is 9.88 Å². The second-order valence-electron chi connectivity index (χ2n) is 8.39. The Labute approximate surface area is 206 Å². The van der Waals surface area contributed by atoms with Crippen molar-refractivity contribution in [2.24, 2.45) is 0 Å². The number of ether oxygens (including phenoxy) is 2. The summed E-state index contributed by atoms with van der Waals surface area (Å²) < 4.78 is 17.3. The average molecular weight is 471 g/mol. The maximum atomic E-state index is 12.8. The molecule has 0 aliphatic carbocycles. The summed E-state index contributed by atoms with van der Waals surface area (Å²) in [6.45, 7) is 8.64. The van der Waals surface area contributed by atoms with Gasteiger partial charge in [-0.05, 0) is 69.7 Å². The normalized spacial score (nSPS) is 11.7. The molecule has 6 nitrogen and oxygen atoms in total. The van der Waals surface area contributed by atoms with Crippen LogP contribution < -0.4 is 9.47 Å². The van der Waals surface area contributed by atoms with Gasteiger partial charge in [0.15, 0.2) is 0 Å². The van der Waals surface area contributed by atoms with Crippen LogP contribution in [0.2, 0.25) is 0 Å². The molecule has 1 atom stereocenters. The Balaban J connectivity index is 1.37. The Hall–Kier alpha value is -4.06. The van der Waals surface area contributed by atoms with Crippen LogP contribution in [-0.2, 0) is 6.61 Å². The quantitative estimate of drug-likeness (QED) is 0.274. The van der Waals surface area contributed by atoms with E-state index in [2.05, 4.69) is 4.98 Å². The van der Waals surface area contributed by atoms with Gasteiger partial charge < -0.3 is 18.8 Å². The van der Waals surface area contributed by atoms with Crippen LogP contribution in [0, 0.1) is 13.8 Å². The average Bonchev–Trinajstić information content (AvgIpc) is 3.26. The summed E-state index contributed by atoms with van der Waals surface area (Å²) >= 11 is 0. The smallest absolute Gasteiger partial charge is 0.415 e. The van der Waals surface area contributed by atoms with Crippen LogP contribution in [-0.4, -0.2) is 22.5 Å². The van der Waals surface area contributed by atoms with Gasteiger partial charge in [0.2, 0.25) is 5.89 Å². The summed E-state index contributed by atoms with van der Waals surface area (Å²) in [5, 5.41) is 0. The predicted octanol–water partition coefficient (Wildman–Crippen LogP) is 7.12. The van der Waals surface area contributed by atoms with E-state index in [-0.39, 0.29) is 12.1 Å². The molecular formula is C29H30N2O4. The number of carbonyl (C=O) groups is 1. The highest BCUT2D eigenvalue weighted by atomic mass is 16.6. The molecular weight excluding hydrogens is 440 g/mol. The predicted molar refractivity (Wildman–Crippen MR) is 135 cm³/mol. The molecule has 0 N–H and O–H groups in total. The molecule has 0 saturated heterocycles. The molecule has 3 aromatic carbocycles. The van der Waals surface area contributed by atoms with Crippen molar-refractivity contribution in [1.29, 1.82) is 0 Å². The lowest BCUT2D eigenvalue weighted by atomic mass is 10.1. The van der Waals surface area contributed by atoms with Gasteiger partial charge in [-0.1, -0.05) is 48.0 Å². The van der Waals surface area contributed by atoms with Crippen LogP contribution in [0.15, 0.2) is 83.3 Å². The van der Waals surface area contributed by atoms with E-state index in [4.69, 9.17) is 13.9 Å². The van der Waals surface area contributed by atoms with E-state index in [1.165, 1.54) is 0 Å². The van der Waals surface area contributed by atoms with Gasteiger partial charge in [-0.2, -0.15) is 0 Å². The molecule has 1 unspecified atom stereocenters. The second-order valence-corrected chi connectivity index (χ2v) is 8.39. The molecule has 0 saturated carbocycles. The van der Waals surface area contributed by atoms with Crippen molar-refractivity contribution in [2.75, 3.05) is 6.54 Å². The Morgan fingerprint density at radius 2 is 1.60 bits per heavy atom. The molecule has 0 fully saturated rings. The monoisotopic (exact) mass is 470 g/mol. The minimum absolute atomic E-state index is 0.154. The number of nitrogens with zero attached hydrogens (tertiary/aromatic N) is 2. The summed E-state index contributed by atoms with van der Waals surface area (Å²) in [7, 11) is 0. The van der Waals surface area contributed by atoms with Crippen molar-refractivity contribution in [3.63, 3.8) is 0 Å². The molecule has 0 aliphatic rings. The van der Waals surface area contributed by atoms with Gasteiger partial charge >= 0.3 is 6.09 Å². The third kappa shape index (κ3) is 5.90. The van der Waals surface area contributed by atoms with Gasteiger partial charge in [0, 0.05) is 12.1 Å². The number of benzene rings is 3. The molecule has 35 heavy (non-hydrogen) atoms. The summed E-state index contributed by atoms with van der Waals surface area (Å²) in [5.41, 5.74) is 3.80. The van der Waals surface area contributed by atoms with Gasteiger partial charge in [0.1, 0.15) is 29.6 Å². The van der Waals surface area contributed by atoms with Gasteiger partial charge in [-0.3, -0.25) is 0 Å². The van der Waals surface area contributed by atoms with E-state index in [1.54, 1.807) is 17.0 Å². The van der Waals surface area contributed by atoms with Crippen molar-refractivity contribution in [3.05, 3.63) is 101 Å². The van der Waals surface area contributed by atoms with Crippen molar-refractivity contribution in [3.8, 4) is 23.0 Å². The fourth-order valence-electron chi connectivity index (χ4n) is 3.77. The topological polar surface area (TPSA) is 64.8 Å². The van der Waals surface area contributed by atoms with E-state index in [9.17, 15) is 4.79 Å². The molecule has 1 aromatic heterocycles. The standard InChI is InChI=1S/C29H30N2O4/c1-5-31(29(32)35-26-15-11-20(2)12-16-26)21(3)23-13-17-25(18-14-23)33-19-27-22(4)34-28(30-27)24-9-7-6-8-10-24/h6-18,21H,5,19H2,1-4H3. The van der Waals surface area contributed by atoms with Gasteiger partial charge in [-0.25, -0.2) is 9.78 Å². The number of amides is 1. The number of hydrogen-bond acceptors (Lipinski definition) is 5. The minimum atomic E-state index is -0.375. The van der Waals surface area contributed by atoms with E-state index in [1.807, 2.05) is 94.4 Å². The summed E-state index contributed by atoms with van der Waals surface area (Å²) in [5.74, 6) is 2.58. The van der Waals surface area contributed by atoms with Crippen molar-refractivity contribution in [2.45, 2.75) is 40.3 Å². The van der Waals surface area contributed by atoms with E-state index < -0.39 is 0 Å². The van der Waals surface area contributed by atoms with Crippen LogP contribution in [0.4, 0.5) is 4.79 Å². The zero-order valence-corrected chi connectivity index (χ0v) is 20.5. The van der Waals surface area contributed by atoms with Crippen molar-refractivity contribution >= 4 is 6.09 Å². The molecule has 6 heteroatoms. The Kier molecular flexibility index (Phi) is 7.51. The number of carbonyl (C=O) groups excluding carboxylic acids is 1. The maximum absolute atomic E-state index is 12.8. The number of aromatic nitrogens is 1. The first-order valence-electron chi connectivity index (χ1n) is 11.7. The lowest BCUT2D eigenvalue weighted by molar-refractivity contribution is 0.138. The van der Waals surface area contributed by atoms with Crippen LogP contribution in [0.25, 0.3) is 11.5 Å². The highest BCUT2D eigenvalue weighted by molar-refractivity contribution is 5.71. The van der Waals surface area contributed by atoms with E-state index >= 15 is 0 Å². The van der Waals surface area contributed by atoms with Crippen LogP contribution in [0.3, 0.4) is 0 Å². The molecule has 4 aromatic rings. The summed E-state index contributed by atoms with van der Waals surface area (Å²) in [6.07, 6.45) is -0.375. The zero-order chi connectivity index (χ0) is 24.8. The first-order chi connectivity index (χ1) is 16.9. The Bertz CT molecular complexity index is 1250. The van der Waals surface area contributed by atoms with Gasteiger partial charge in [0.25, 0.3) is 0 Å². The molecule has 1 amide bonds. The third-order valence-corrected chi connectivity index (χ3v) is 5.92. The van der Waals surface area contributed by atoms with Crippen LogP contribution in [0.1, 0.15) is 42.5 Å².